The largest absolute Gasteiger partial charge is 0.495 e. The Labute approximate surface area is 187 Å². The van der Waals surface area contributed by atoms with Crippen LogP contribution in [-0.4, -0.2) is 44.4 Å². The van der Waals surface area contributed by atoms with E-state index in [9.17, 15) is 4.79 Å². The molecule has 174 valence electrons. The molecule has 1 saturated carbocycles. The van der Waals surface area contributed by atoms with Crippen molar-refractivity contribution in [3.8, 4) is 6.07 Å². The number of ether oxygens (including phenoxy) is 2. The summed E-state index contributed by atoms with van der Waals surface area (Å²) in [4.78, 5) is 12.8. The molecule has 7 nitrogen and oxygen atoms in total. The van der Waals surface area contributed by atoms with E-state index < -0.39 is 0 Å². The van der Waals surface area contributed by atoms with Crippen molar-refractivity contribution in [2.45, 2.75) is 66.8 Å². The lowest BCUT2D eigenvalue weighted by Crippen LogP contribution is -2.74. The highest BCUT2D eigenvalue weighted by Crippen LogP contribution is 2.56. The van der Waals surface area contributed by atoms with Crippen LogP contribution in [0.25, 0.3) is 0 Å². The van der Waals surface area contributed by atoms with Crippen molar-refractivity contribution in [3.63, 3.8) is 0 Å². The van der Waals surface area contributed by atoms with Crippen molar-refractivity contribution in [1.29, 1.82) is 5.26 Å². The van der Waals surface area contributed by atoms with Gasteiger partial charge in [-0.05, 0) is 6.92 Å². The lowest BCUT2D eigenvalue weighted by molar-refractivity contribution is -0.194. The lowest BCUT2D eigenvalue weighted by Gasteiger charge is -2.63. The van der Waals surface area contributed by atoms with Crippen LogP contribution in [0.5, 0.6) is 0 Å². The molecule has 1 heterocycles. The normalized spacial score (nSPS) is 28.5. The second-order valence-corrected chi connectivity index (χ2v) is 9.09. The van der Waals surface area contributed by atoms with Crippen LogP contribution in [0.15, 0.2) is 36.3 Å². The maximum Gasteiger partial charge on any atom is 0.225 e. The molecule has 1 saturated heterocycles. The summed E-state index contributed by atoms with van der Waals surface area (Å²) in [6.45, 7) is 23.3. The summed E-state index contributed by atoms with van der Waals surface area (Å²) in [5, 5.41) is 18.8. The third-order valence-corrected chi connectivity index (χ3v) is 6.05. The van der Waals surface area contributed by atoms with E-state index in [2.05, 4.69) is 56.8 Å². The molecule has 0 atom stereocenters. The van der Waals surface area contributed by atoms with Gasteiger partial charge in [0.25, 0.3) is 0 Å². The van der Waals surface area contributed by atoms with Crippen molar-refractivity contribution in [2.24, 2.45) is 16.7 Å². The van der Waals surface area contributed by atoms with E-state index in [1.54, 1.807) is 6.08 Å². The Bertz CT molecular complexity index is 724. The van der Waals surface area contributed by atoms with Crippen LogP contribution in [0.1, 0.15) is 48.5 Å². The quantitative estimate of drug-likeness (QED) is 0.325. The van der Waals surface area contributed by atoms with Crippen LogP contribution in [0, 0.1) is 28.1 Å². The Hall–Kier alpha value is -2.30. The Morgan fingerprint density at radius 1 is 1.16 bits per heavy atom. The predicted molar refractivity (Wildman–Crippen MR) is 124 cm³/mol. The molecule has 0 aromatic rings. The molecular weight excluding hydrogens is 392 g/mol. The van der Waals surface area contributed by atoms with Gasteiger partial charge in [-0.1, -0.05) is 54.7 Å². The fourth-order valence-electron chi connectivity index (χ4n) is 4.68. The Balaban J connectivity index is 0.00000233. The highest BCUT2D eigenvalue weighted by molar-refractivity contribution is 5.80. The minimum Gasteiger partial charge on any atom is -0.495 e. The second kappa shape index (κ2) is 10.8. The Kier molecular flexibility index (Phi) is 9.34. The van der Waals surface area contributed by atoms with Crippen LogP contribution in [-0.2, 0) is 14.3 Å². The van der Waals surface area contributed by atoms with Gasteiger partial charge in [-0.25, -0.2) is 0 Å². The van der Waals surface area contributed by atoms with Crippen molar-refractivity contribution >= 4 is 5.91 Å². The zero-order valence-electron chi connectivity index (χ0n) is 20.4. The molecule has 1 amide bonds. The van der Waals surface area contributed by atoms with Crippen LogP contribution < -0.4 is 16.0 Å². The van der Waals surface area contributed by atoms with Crippen molar-refractivity contribution in [2.75, 3.05) is 20.2 Å². The number of nitriles is 1. The van der Waals surface area contributed by atoms with Gasteiger partial charge in [0.2, 0.25) is 5.91 Å². The molecule has 1 aliphatic heterocycles. The number of carbonyl (C=O) groups is 1. The predicted octanol–water partition coefficient (Wildman–Crippen LogP) is 3.23. The van der Waals surface area contributed by atoms with E-state index in [0.29, 0.717) is 24.6 Å². The molecule has 2 aliphatic rings. The number of hydrogen-bond donors (Lipinski definition) is 3. The van der Waals surface area contributed by atoms with Gasteiger partial charge in [-0.15, -0.1) is 0 Å². The number of hydrogen-bond acceptors (Lipinski definition) is 6. The van der Waals surface area contributed by atoms with Crippen molar-refractivity contribution < 1.29 is 14.3 Å². The van der Waals surface area contributed by atoms with Gasteiger partial charge < -0.3 is 25.4 Å². The van der Waals surface area contributed by atoms with Crippen LogP contribution in [0.2, 0.25) is 0 Å². The Morgan fingerprint density at radius 2 is 1.68 bits per heavy atom. The number of amides is 1. The third-order valence-electron chi connectivity index (χ3n) is 6.05. The number of allylic oxidation sites excluding steroid dienone is 2. The Morgan fingerprint density at radius 3 is 2.13 bits per heavy atom. The summed E-state index contributed by atoms with van der Waals surface area (Å²) in [6, 6.07) is 1.91. The molecule has 0 aromatic heterocycles. The highest BCUT2D eigenvalue weighted by Gasteiger charge is 2.64. The number of rotatable bonds is 7. The van der Waals surface area contributed by atoms with Gasteiger partial charge >= 0.3 is 0 Å². The monoisotopic (exact) mass is 432 g/mol. The zero-order chi connectivity index (χ0) is 24.0. The van der Waals surface area contributed by atoms with E-state index in [0.717, 1.165) is 0 Å². The SMILES string of the molecule is C=C(/C=C(/OC)C(=C)C#N)OC1C(C)(C)C(NC(=O)C2CNC(C)NC2)C1(C)C.CC. The average Bonchev–Trinajstić information content (AvgIpc) is 2.74. The first kappa shape index (κ1) is 26.7. The molecule has 0 spiro atoms. The fraction of sp³-hybridized carbons (Fsp3) is 0.667. The minimum absolute atomic E-state index is 0.0420. The minimum atomic E-state index is -0.293. The van der Waals surface area contributed by atoms with E-state index in [1.807, 2.05) is 26.8 Å². The zero-order valence-corrected chi connectivity index (χ0v) is 20.4. The maximum absolute atomic E-state index is 12.8. The van der Waals surface area contributed by atoms with Gasteiger partial charge in [0.1, 0.15) is 23.7 Å². The van der Waals surface area contributed by atoms with E-state index in [1.165, 1.54) is 7.11 Å². The summed E-state index contributed by atoms with van der Waals surface area (Å²) in [5.41, 5.74) is -0.380. The van der Waals surface area contributed by atoms with Crippen molar-refractivity contribution in [3.05, 3.63) is 36.3 Å². The van der Waals surface area contributed by atoms with Gasteiger partial charge in [0.05, 0.1) is 24.8 Å². The van der Waals surface area contributed by atoms with Gasteiger partial charge in [-0.2, -0.15) is 5.26 Å². The summed E-state index contributed by atoms with van der Waals surface area (Å²) in [7, 11) is 1.47. The van der Waals surface area contributed by atoms with E-state index in [-0.39, 0.29) is 46.5 Å². The maximum atomic E-state index is 12.8. The van der Waals surface area contributed by atoms with Gasteiger partial charge in [0, 0.05) is 36.0 Å². The number of carbonyl (C=O) groups excluding carboxylic acids is 1. The van der Waals surface area contributed by atoms with Gasteiger partial charge in [-0.3, -0.25) is 4.79 Å². The van der Waals surface area contributed by atoms with Gasteiger partial charge in [0.15, 0.2) is 0 Å². The van der Waals surface area contributed by atoms with Crippen LogP contribution in [0.4, 0.5) is 0 Å². The number of nitrogens with zero attached hydrogens (tertiary/aromatic N) is 1. The second-order valence-electron chi connectivity index (χ2n) is 9.09. The number of methoxy groups -OCH3 is 1. The van der Waals surface area contributed by atoms with Crippen LogP contribution >= 0.6 is 0 Å². The molecule has 3 N–H and O–H groups in total. The molecule has 7 heteroatoms. The molecule has 0 unspecified atom stereocenters. The molecule has 0 aromatic carbocycles. The third kappa shape index (κ3) is 5.90. The molecule has 0 radical (unpaired) electrons. The molecule has 31 heavy (non-hydrogen) atoms. The molecule has 1 aliphatic carbocycles. The molecule has 2 rings (SSSR count). The smallest absolute Gasteiger partial charge is 0.225 e. The molecule has 0 bridgehead atoms. The summed E-state index contributed by atoms with van der Waals surface area (Å²) < 4.78 is 11.3. The van der Waals surface area contributed by atoms with Crippen molar-refractivity contribution in [1.82, 2.24) is 16.0 Å². The topological polar surface area (TPSA) is 95.4 Å². The first-order valence-corrected chi connectivity index (χ1v) is 10.9. The first-order chi connectivity index (χ1) is 14.4. The summed E-state index contributed by atoms with van der Waals surface area (Å²) in [5.74, 6) is 0.664. The van der Waals surface area contributed by atoms with E-state index >= 15 is 0 Å². The first-order valence-electron chi connectivity index (χ1n) is 10.9. The average molecular weight is 433 g/mol. The highest BCUT2D eigenvalue weighted by atomic mass is 16.5. The summed E-state index contributed by atoms with van der Waals surface area (Å²) >= 11 is 0. The van der Waals surface area contributed by atoms with Crippen LogP contribution in [0.3, 0.4) is 0 Å². The van der Waals surface area contributed by atoms with E-state index in [4.69, 9.17) is 14.7 Å². The molecule has 2 fully saturated rings. The lowest BCUT2D eigenvalue weighted by atomic mass is 9.49. The number of nitrogens with one attached hydrogen (secondary N) is 3. The standard InChI is InChI=1S/C22H34N4O3.C2H6/c1-13(10-23)17(28-8)9-14(2)29-20-21(4,5)19(22(20,6)7)26-18(27)16-11-24-15(3)25-12-16;1-2/h9,15-16,19-20,24-25H,1-2,11-12H2,3-8H3,(H,26,27);1-2H3/b17-9+;. The fourth-order valence-corrected chi connectivity index (χ4v) is 4.68. The molecular formula is C24H40N4O3. The summed E-state index contributed by atoms with van der Waals surface area (Å²) in [6.07, 6.45) is 1.63.